The third kappa shape index (κ3) is 1.57. The molecule has 1 aliphatic heterocycles. The van der Waals surface area contributed by atoms with Crippen molar-refractivity contribution in [1.82, 2.24) is 0 Å². The lowest BCUT2D eigenvalue weighted by molar-refractivity contribution is 0.0570. The van der Waals surface area contributed by atoms with Gasteiger partial charge in [0.2, 0.25) is 0 Å². The van der Waals surface area contributed by atoms with Gasteiger partial charge in [-0.15, -0.1) is 0 Å². The lowest BCUT2D eigenvalue weighted by atomic mass is 10.0. The van der Waals surface area contributed by atoms with Crippen LogP contribution in [0, 0.1) is 5.92 Å². The summed E-state index contributed by atoms with van der Waals surface area (Å²) in [5.74, 6) is 0.854. The molecule has 0 radical (unpaired) electrons. The van der Waals surface area contributed by atoms with Crippen LogP contribution in [0.25, 0.3) is 0 Å². The van der Waals surface area contributed by atoms with Crippen molar-refractivity contribution in [3.63, 3.8) is 0 Å². The van der Waals surface area contributed by atoms with Gasteiger partial charge in [0.1, 0.15) is 0 Å². The van der Waals surface area contributed by atoms with Crippen LogP contribution < -0.4 is 0 Å². The van der Waals surface area contributed by atoms with Gasteiger partial charge in [-0.1, -0.05) is 45.2 Å². The van der Waals surface area contributed by atoms with Crippen LogP contribution in [0.1, 0.15) is 19.8 Å². The van der Waals surface area contributed by atoms with E-state index in [1.165, 1.54) is 12.8 Å². The number of halogens is 2. The van der Waals surface area contributed by atoms with Crippen LogP contribution in [0.5, 0.6) is 0 Å². The van der Waals surface area contributed by atoms with E-state index in [0.717, 1.165) is 13.8 Å². The molecule has 0 aromatic rings. The van der Waals surface area contributed by atoms with Gasteiger partial charge in [-0.3, -0.25) is 0 Å². The van der Waals surface area contributed by atoms with Gasteiger partial charge < -0.3 is 4.74 Å². The van der Waals surface area contributed by atoms with Crippen molar-refractivity contribution in [2.75, 3.05) is 0 Å². The lowest BCUT2D eigenvalue weighted by Gasteiger charge is -2.12. The first-order valence-corrected chi connectivity index (χ1v) is 6.61. The Morgan fingerprint density at radius 2 is 1.91 bits per heavy atom. The number of hydrogen-bond acceptors (Lipinski definition) is 1. The predicted octanol–water partition coefficient (Wildman–Crippen LogP) is 2.79. The maximum Gasteiger partial charge on any atom is 0.0735 e. The highest BCUT2D eigenvalue weighted by Gasteiger charge is 2.46. The van der Waals surface area contributed by atoms with Crippen LogP contribution in [0.3, 0.4) is 0 Å². The molecule has 0 amide bonds. The highest BCUT2D eigenvalue weighted by atomic mass is 127. The van der Waals surface area contributed by atoms with Gasteiger partial charge in [-0.05, 0) is 19.8 Å². The summed E-state index contributed by atoms with van der Waals surface area (Å²) in [5.41, 5.74) is 0. The summed E-state index contributed by atoms with van der Waals surface area (Å²) < 4.78 is 7.49. The van der Waals surface area contributed by atoms with E-state index in [1.54, 1.807) is 0 Å². The molecule has 0 aromatic heterocycles. The van der Waals surface area contributed by atoms with E-state index in [-0.39, 0.29) is 0 Å². The van der Waals surface area contributed by atoms with Crippen molar-refractivity contribution in [3.8, 4) is 0 Å². The quantitative estimate of drug-likeness (QED) is 0.466. The molecule has 1 saturated carbocycles. The normalized spacial score (nSPS) is 56.5. The smallest absolute Gasteiger partial charge is 0.0735 e. The number of fused-ring (bicyclic) bond motifs is 1. The Kier molecular flexibility index (Phi) is 2.69. The summed E-state index contributed by atoms with van der Waals surface area (Å²) >= 11 is 5.13. The first-order valence-electron chi connectivity index (χ1n) is 4.12. The number of rotatable bonds is 0. The largest absolute Gasteiger partial charge is 0.374 e. The molecule has 11 heavy (non-hydrogen) atoms. The maximum atomic E-state index is 5.86. The molecule has 1 heterocycles. The average Bonchev–Trinajstić information content (AvgIpc) is 2.38. The van der Waals surface area contributed by atoms with E-state index in [9.17, 15) is 0 Å². The van der Waals surface area contributed by atoms with Crippen LogP contribution >= 0.6 is 45.2 Å². The summed E-state index contributed by atoms with van der Waals surface area (Å²) in [4.78, 5) is 0. The summed E-state index contributed by atoms with van der Waals surface area (Å²) in [7, 11) is 0. The molecule has 3 heteroatoms. The molecule has 1 unspecified atom stereocenters. The molecule has 64 valence electrons. The van der Waals surface area contributed by atoms with E-state index in [4.69, 9.17) is 4.74 Å². The number of alkyl halides is 2. The molecule has 2 fully saturated rings. The molecule has 0 N–H and O–H groups in total. The van der Waals surface area contributed by atoms with Crippen molar-refractivity contribution >= 4 is 45.2 Å². The molecular weight excluding hydrogens is 366 g/mol. The molecule has 1 saturated heterocycles. The topological polar surface area (TPSA) is 9.23 Å². The Bertz CT molecular complexity index is 146. The maximum absolute atomic E-state index is 5.86. The van der Waals surface area contributed by atoms with Crippen molar-refractivity contribution in [2.24, 2.45) is 5.92 Å². The minimum absolute atomic E-state index is 0.514. The van der Waals surface area contributed by atoms with Gasteiger partial charge in [-0.25, -0.2) is 0 Å². The summed E-state index contributed by atoms with van der Waals surface area (Å²) in [6.45, 7) is 2.20. The van der Waals surface area contributed by atoms with E-state index < -0.39 is 0 Å². The Labute approximate surface area is 94.9 Å². The van der Waals surface area contributed by atoms with Crippen LogP contribution in [-0.2, 0) is 4.74 Å². The molecule has 2 rings (SSSR count). The van der Waals surface area contributed by atoms with E-state index in [1.807, 2.05) is 0 Å². The first-order chi connectivity index (χ1) is 5.18. The Morgan fingerprint density at radius 3 is 2.55 bits per heavy atom. The highest BCUT2D eigenvalue weighted by molar-refractivity contribution is 14.1. The third-order valence-corrected chi connectivity index (χ3v) is 5.34. The van der Waals surface area contributed by atoms with Crippen LogP contribution in [0.15, 0.2) is 0 Å². The molecule has 1 nitrogen and oxygen atoms in total. The SMILES string of the molecule is CC1C[C@@H]2[C@H](O1)[C@H](I)C[C@H]2I. The van der Waals surface area contributed by atoms with E-state index in [0.29, 0.717) is 12.2 Å². The molecule has 2 aliphatic rings. The minimum Gasteiger partial charge on any atom is -0.374 e. The van der Waals surface area contributed by atoms with Crippen LogP contribution in [0.2, 0.25) is 0 Å². The fourth-order valence-corrected chi connectivity index (χ4v) is 5.65. The average molecular weight is 378 g/mol. The zero-order valence-corrected chi connectivity index (χ0v) is 10.8. The van der Waals surface area contributed by atoms with Gasteiger partial charge in [0.15, 0.2) is 0 Å². The van der Waals surface area contributed by atoms with Gasteiger partial charge in [-0.2, -0.15) is 0 Å². The van der Waals surface area contributed by atoms with E-state index in [2.05, 4.69) is 52.1 Å². The fraction of sp³-hybridized carbons (Fsp3) is 1.00. The zero-order chi connectivity index (χ0) is 8.01. The molecule has 0 aromatic carbocycles. The highest BCUT2D eigenvalue weighted by Crippen LogP contribution is 2.45. The molecule has 1 aliphatic carbocycles. The van der Waals surface area contributed by atoms with Crippen LogP contribution in [-0.4, -0.2) is 20.1 Å². The Hall–Kier alpha value is 1.42. The number of hydrogen-bond donors (Lipinski definition) is 0. The van der Waals surface area contributed by atoms with Crippen LogP contribution in [0.4, 0.5) is 0 Å². The molecule has 5 atom stereocenters. The van der Waals surface area contributed by atoms with Gasteiger partial charge >= 0.3 is 0 Å². The predicted molar refractivity (Wildman–Crippen MR) is 62.7 cm³/mol. The molecule has 0 spiro atoms. The Balaban J connectivity index is 2.10. The third-order valence-electron chi connectivity index (χ3n) is 2.69. The van der Waals surface area contributed by atoms with Gasteiger partial charge in [0.25, 0.3) is 0 Å². The van der Waals surface area contributed by atoms with Crippen molar-refractivity contribution < 1.29 is 4.74 Å². The van der Waals surface area contributed by atoms with Crippen molar-refractivity contribution in [1.29, 1.82) is 0 Å². The zero-order valence-electron chi connectivity index (χ0n) is 6.47. The van der Waals surface area contributed by atoms with Crippen molar-refractivity contribution in [3.05, 3.63) is 0 Å². The monoisotopic (exact) mass is 378 g/mol. The standard InChI is InChI=1S/C8H12I2O/c1-4-2-5-6(9)3-7(10)8(5)11-4/h4-8H,2-3H2,1H3/t4?,5-,6+,7+,8-/m0/s1. The lowest BCUT2D eigenvalue weighted by Crippen LogP contribution is -2.19. The summed E-state index contributed by atoms with van der Waals surface area (Å²) in [5, 5.41) is 0. The summed E-state index contributed by atoms with van der Waals surface area (Å²) in [6.07, 6.45) is 3.73. The fourth-order valence-electron chi connectivity index (χ4n) is 2.17. The van der Waals surface area contributed by atoms with E-state index >= 15 is 0 Å². The number of ether oxygens (including phenoxy) is 1. The van der Waals surface area contributed by atoms with Gasteiger partial charge in [0, 0.05) is 13.8 Å². The Morgan fingerprint density at radius 1 is 1.18 bits per heavy atom. The first kappa shape index (κ1) is 8.99. The second kappa shape index (κ2) is 3.29. The molecule has 0 bridgehead atoms. The minimum atomic E-state index is 0.514. The summed E-state index contributed by atoms with van der Waals surface area (Å²) in [6, 6.07) is 0. The van der Waals surface area contributed by atoms with Crippen molar-refractivity contribution in [2.45, 2.75) is 39.8 Å². The molecular formula is C8H12I2O. The second-order valence-corrected chi connectivity index (χ2v) is 6.78. The van der Waals surface area contributed by atoms with Gasteiger partial charge in [0.05, 0.1) is 12.2 Å². The second-order valence-electron chi connectivity index (χ2n) is 3.58.